The van der Waals surface area contributed by atoms with E-state index in [1.807, 2.05) is 13.8 Å². The van der Waals surface area contributed by atoms with E-state index in [2.05, 4.69) is 17.2 Å². The first kappa shape index (κ1) is 18.7. The van der Waals surface area contributed by atoms with Crippen molar-refractivity contribution >= 4 is 33.3 Å². The maximum Gasteiger partial charge on any atom is 0.337 e. The van der Waals surface area contributed by atoms with Crippen LogP contribution in [-0.2, 0) is 12.8 Å². The second-order valence-corrected chi connectivity index (χ2v) is 8.58. The monoisotopic (exact) mass is 398 g/mol. The van der Waals surface area contributed by atoms with E-state index in [9.17, 15) is 9.59 Å². The second-order valence-electron chi connectivity index (χ2n) is 7.49. The highest BCUT2D eigenvalue weighted by Gasteiger charge is 2.21. The first-order chi connectivity index (χ1) is 13.4. The van der Waals surface area contributed by atoms with Gasteiger partial charge in [-0.05, 0) is 51.2 Å². The van der Waals surface area contributed by atoms with Crippen LogP contribution in [0.25, 0.3) is 11.0 Å². The standard InChI is InChI=1S/C21H22N2O4S/c1-11(2)26-13-5-6-14-15(10-19(24)27-17(14)9-13)20(25)23-21-22-16-7-4-12(3)8-18(16)28-21/h5-6,9-12H,4,7-8H2,1-3H3,(H,22,23,25). The number of aryl methyl sites for hydroxylation is 1. The predicted molar refractivity (Wildman–Crippen MR) is 110 cm³/mol. The van der Waals surface area contributed by atoms with Gasteiger partial charge in [-0.15, -0.1) is 11.3 Å². The molecule has 2 heterocycles. The van der Waals surface area contributed by atoms with Crippen molar-refractivity contribution in [3.63, 3.8) is 0 Å². The number of benzene rings is 1. The van der Waals surface area contributed by atoms with E-state index in [0.717, 1.165) is 25.0 Å². The summed E-state index contributed by atoms with van der Waals surface area (Å²) in [6.07, 6.45) is 3.06. The van der Waals surface area contributed by atoms with Gasteiger partial charge in [0, 0.05) is 22.4 Å². The molecule has 1 atom stereocenters. The van der Waals surface area contributed by atoms with Gasteiger partial charge in [-0.1, -0.05) is 6.92 Å². The lowest BCUT2D eigenvalue weighted by molar-refractivity contribution is 0.102. The van der Waals surface area contributed by atoms with Crippen LogP contribution in [-0.4, -0.2) is 17.0 Å². The van der Waals surface area contributed by atoms with E-state index in [-0.39, 0.29) is 17.6 Å². The van der Waals surface area contributed by atoms with Gasteiger partial charge in [0.15, 0.2) is 5.13 Å². The number of amides is 1. The van der Waals surface area contributed by atoms with Crippen LogP contribution in [0.4, 0.5) is 5.13 Å². The van der Waals surface area contributed by atoms with E-state index in [1.165, 1.54) is 22.3 Å². The highest BCUT2D eigenvalue weighted by molar-refractivity contribution is 7.15. The maximum atomic E-state index is 12.9. The first-order valence-electron chi connectivity index (χ1n) is 9.43. The number of thiazole rings is 1. The summed E-state index contributed by atoms with van der Waals surface area (Å²) in [6, 6.07) is 6.36. The number of hydrogen-bond acceptors (Lipinski definition) is 6. The quantitative estimate of drug-likeness (QED) is 0.658. The molecule has 0 aliphatic heterocycles. The van der Waals surface area contributed by atoms with E-state index in [1.54, 1.807) is 18.2 Å². The molecule has 2 aromatic heterocycles. The molecule has 0 spiro atoms. The number of carbonyl (C=O) groups is 1. The Kier molecular flexibility index (Phi) is 4.93. The molecule has 1 amide bonds. The molecule has 1 aliphatic rings. The molecule has 1 unspecified atom stereocenters. The van der Waals surface area contributed by atoms with Crippen LogP contribution in [0.2, 0.25) is 0 Å². The summed E-state index contributed by atoms with van der Waals surface area (Å²) in [4.78, 5) is 30.7. The molecule has 1 N–H and O–H groups in total. The van der Waals surface area contributed by atoms with Gasteiger partial charge in [0.2, 0.25) is 0 Å². The molecular formula is C21H22N2O4S. The Morgan fingerprint density at radius 2 is 2.18 bits per heavy atom. The summed E-state index contributed by atoms with van der Waals surface area (Å²) >= 11 is 1.52. The van der Waals surface area contributed by atoms with E-state index < -0.39 is 5.63 Å². The minimum absolute atomic E-state index is 0.00527. The number of hydrogen-bond donors (Lipinski definition) is 1. The molecule has 6 nitrogen and oxygen atoms in total. The van der Waals surface area contributed by atoms with Crippen molar-refractivity contribution in [2.24, 2.45) is 5.92 Å². The van der Waals surface area contributed by atoms with Crippen molar-refractivity contribution in [2.45, 2.75) is 46.1 Å². The third-order valence-corrected chi connectivity index (χ3v) is 5.77. The van der Waals surface area contributed by atoms with Crippen LogP contribution >= 0.6 is 11.3 Å². The fourth-order valence-electron chi connectivity index (χ4n) is 3.43. The van der Waals surface area contributed by atoms with Gasteiger partial charge >= 0.3 is 5.63 Å². The predicted octanol–water partition coefficient (Wildman–Crippen LogP) is 4.41. The molecular weight excluding hydrogens is 376 g/mol. The van der Waals surface area contributed by atoms with Crippen LogP contribution < -0.4 is 15.7 Å². The maximum absolute atomic E-state index is 12.9. The molecule has 0 bridgehead atoms. The zero-order valence-electron chi connectivity index (χ0n) is 16.1. The van der Waals surface area contributed by atoms with Gasteiger partial charge in [-0.3, -0.25) is 10.1 Å². The van der Waals surface area contributed by atoms with Crippen LogP contribution in [0.15, 0.2) is 33.5 Å². The van der Waals surface area contributed by atoms with Crippen molar-refractivity contribution in [3.05, 3.63) is 50.8 Å². The number of ether oxygens (including phenoxy) is 1. The van der Waals surface area contributed by atoms with Crippen molar-refractivity contribution in [1.29, 1.82) is 0 Å². The number of nitrogens with one attached hydrogen (secondary N) is 1. The van der Waals surface area contributed by atoms with E-state index in [4.69, 9.17) is 9.15 Å². The number of carbonyl (C=O) groups excluding carboxylic acids is 1. The molecule has 0 fully saturated rings. The van der Waals surface area contributed by atoms with Crippen molar-refractivity contribution in [1.82, 2.24) is 4.98 Å². The summed E-state index contributed by atoms with van der Waals surface area (Å²) < 4.78 is 10.9. The highest BCUT2D eigenvalue weighted by Crippen LogP contribution is 2.32. The minimum atomic E-state index is -0.577. The van der Waals surface area contributed by atoms with Gasteiger partial charge in [-0.25, -0.2) is 9.78 Å². The number of aromatic nitrogens is 1. The first-order valence-corrected chi connectivity index (χ1v) is 10.2. The number of fused-ring (bicyclic) bond motifs is 2. The Hall–Kier alpha value is -2.67. The van der Waals surface area contributed by atoms with Crippen LogP contribution in [0.1, 0.15) is 48.1 Å². The molecule has 28 heavy (non-hydrogen) atoms. The summed E-state index contributed by atoms with van der Waals surface area (Å²) in [7, 11) is 0. The average molecular weight is 398 g/mol. The van der Waals surface area contributed by atoms with Crippen molar-refractivity contribution in [2.75, 3.05) is 5.32 Å². The summed E-state index contributed by atoms with van der Waals surface area (Å²) in [5.74, 6) is 0.862. The molecule has 7 heteroatoms. The summed E-state index contributed by atoms with van der Waals surface area (Å²) in [5.41, 5.74) is 1.09. The Morgan fingerprint density at radius 3 is 2.96 bits per heavy atom. The molecule has 4 rings (SSSR count). The topological polar surface area (TPSA) is 81.4 Å². The summed E-state index contributed by atoms with van der Waals surface area (Å²) in [6.45, 7) is 6.06. The molecule has 1 aromatic carbocycles. The largest absolute Gasteiger partial charge is 0.491 e. The molecule has 0 saturated carbocycles. The molecule has 3 aromatic rings. The van der Waals surface area contributed by atoms with Crippen molar-refractivity contribution in [3.8, 4) is 5.75 Å². The minimum Gasteiger partial charge on any atom is -0.491 e. The summed E-state index contributed by atoms with van der Waals surface area (Å²) in [5, 5.41) is 3.99. The van der Waals surface area contributed by atoms with Crippen LogP contribution in [0, 0.1) is 5.92 Å². The molecule has 0 saturated heterocycles. The lowest BCUT2D eigenvalue weighted by Gasteiger charge is -2.15. The fraction of sp³-hybridized carbons (Fsp3) is 0.381. The zero-order valence-corrected chi connectivity index (χ0v) is 16.9. The van der Waals surface area contributed by atoms with Gasteiger partial charge in [0.05, 0.1) is 17.4 Å². The smallest absolute Gasteiger partial charge is 0.337 e. The Bertz CT molecular complexity index is 1100. The van der Waals surface area contributed by atoms with Crippen molar-refractivity contribution < 1.29 is 13.9 Å². The molecule has 0 radical (unpaired) electrons. The van der Waals surface area contributed by atoms with Crippen LogP contribution in [0.5, 0.6) is 5.75 Å². The second kappa shape index (κ2) is 7.39. The van der Waals surface area contributed by atoms with Gasteiger partial charge in [-0.2, -0.15) is 0 Å². The third-order valence-electron chi connectivity index (χ3n) is 4.74. The van der Waals surface area contributed by atoms with Crippen LogP contribution in [0.3, 0.4) is 0 Å². The lowest BCUT2D eigenvalue weighted by Crippen LogP contribution is -2.15. The Morgan fingerprint density at radius 1 is 1.36 bits per heavy atom. The SMILES string of the molecule is CC1CCc2nc(NC(=O)c3cc(=O)oc4cc(OC(C)C)ccc34)sc2C1. The van der Waals surface area contributed by atoms with E-state index >= 15 is 0 Å². The Labute approximate surface area is 166 Å². The molecule has 1 aliphatic carbocycles. The fourth-order valence-corrected chi connectivity index (χ4v) is 4.60. The highest BCUT2D eigenvalue weighted by atomic mass is 32.1. The average Bonchev–Trinajstić information content (AvgIpc) is 3.01. The third kappa shape index (κ3) is 3.80. The molecule has 146 valence electrons. The number of rotatable bonds is 4. The number of anilines is 1. The number of nitrogens with zero attached hydrogens (tertiary/aromatic N) is 1. The van der Waals surface area contributed by atoms with E-state index in [0.29, 0.717) is 27.8 Å². The zero-order chi connectivity index (χ0) is 19.8. The van der Waals surface area contributed by atoms with Gasteiger partial charge in [0.1, 0.15) is 11.3 Å². The van der Waals surface area contributed by atoms with Gasteiger partial charge < -0.3 is 9.15 Å². The van der Waals surface area contributed by atoms with Gasteiger partial charge in [0.25, 0.3) is 5.91 Å². The lowest BCUT2D eigenvalue weighted by atomic mass is 9.93. The Balaban J connectivity index is 1.64. The normalized spacial score (nSPS) is 16.2.